The Morgan fingerprint density at radius 2 is 1.80 bits per heavy atom. The lowest BCUT2D eigenvalue weighted by atomic mass is 9.83. The predicted octanol–water partition coefficient (Wildman–Crippen LogP) is 7.67. The van der Waals surface area contributed by atoms with E-state index in [1.165, 1.54) is 12.3 Å². The number of ether oxygens (including phenoxy) is 1. The highest BCUT2D eigenvalue weighted by Crippen LogP contribution is 2.56. The summed E-state index contributed by atoms with van der Waals surface area (Å²) in [5.74, 6) is -1.15. The van der Waals surface area contributed by atoms with E-state index in [9.17, 15) is 10.1 Å². The number of hydrogen-bond donors (Lipinski definition) is 3. The Morgan fingerprint density at radius 3 is 2.49 bits per heavy atom. The van der Waals surface area contributed by atoms with Crippen molar-refractivity contribution in [2.45, 2.75) is 90.3 Å². The van der Waals surface area contributed by atoms with Gasteiger partial charge >= 0.3 is 5.76 Å². The number of aryl methyl sites for hydroxylation is 3. The lowest BCUT2D eigenvalue weighted by Crippen LogP contribution is -2.40. The van der Waals surface area contributed by atoms with E-state index in [2.05, 4.69) is 64.8 Å². The average Bonchev–Trinajstić information content (AvgIpc) is 3.75. The molecule has 16 nitrogen and oxygen atoms in total. The van der Waals surface area contributed by atoms with Crippen molar-refractivity contribution >= 4 is 45.2 Å². The molecule has 1 saturated carbocycles. The van der Waals surface area contributed by atoms with Crippen LogP contribution in [0.2, 0.25) is 0 Å². The first kappa shape index (κ1) is 41.9. The van der Waals surface area contributed by atoms with Crippen LogP contribution in [0.3, 0.4) is 0 Å². The Kier molecular flexibility index (Phi) is 9.82. The zero-order chi connectivity index (χ0) is 45.7. The fraction of sp³-hybridized carbons (Fsp3) is 0.383. The summed E-state index contributed by atoms with van der Waals surface area (Å²) in [5, 5.41) is 30.0. The van der Waals surface area contributed by atoms with Crippen molar-refractivity contribution in [2.24, 2.45) is 18.0 Å². The fourth-order valence-electron chi connectivity index (χ4n) is 10.2. The maximum absolute atomic E-state index is 15.9. The van der Waals surface area contributed by atoms with E-state index < -0.39 is 23.2 Å². The summed E-state index contributed by atoms with van der Waals surface area (Å²) in [6.07, 6.45) is 5.99. The number of aromatic amines is 1. The molecule has 4 aromatic heterocycles. The third kappa shape index (κ3) is 6.87. The minimum atomic E-state index is -0.860. The number of aliphatic imine (C=N–C) groups is 1. The molecule has 3 aromatic carbocycles. The van der Waals surface area contributed by atoms with Gasteiger partial charge < -0.3 is 19.5 Å². The molecule has 3 N–H and O–H groups in total. The number of fused-ring (bicyclic) bond motifs is 3. The van der Waals surface area contributed by atoms with Crippen LogP contribution in [0.5, 0.6) is 0 Å². The molecule has 1 aliphatic carbocycles. The second-order valence-electron chi connectivity index (χ2n) is 18.3. The number of benzene rings is 3. The Labute approximate surface area is 371 Å². The van der Waals surface area contributed by atoms with Crippen LogP contribution in [0.4, 0.5) is 20.3 Å². The van der Waals surface area contributed by atoms with E-state index >= 15 is 13.6 Å². The highest BCUT2D eigenvalue weighted by atomic mass is 19.1. The molecule has 0 bridgehead atoms. The number of amides is 1. The smallest absolute Gasteiger partial charge is 0.376 e. The van der Waals surface area contributed by atoms with Crippen LogP contribution < -0.4 is 16.4 Å². The van der Waals surface area contributed by atoms with E-state index in [4.69, 9.17) is 19.4 Å². The van der Waals surface area contributed by atoms with Crippen molar-refractivity contribution in [1.82, 2.24) is 44.5 Å². The fourth-order valence-corrected chi connectivity index (χ4v) is 10.2. The number of carbonyl (C=O) groups excluding carboxylic acids is 1. The van der Waals surface area contributed by atoms with Gasteiger partial charge in [0.05, 0.1) is 45.8 Å². The second kappa shape index (κ2) is 15.3. The quantitative estimate of drug-likeness (QED) is 0.0620. The van der Waals surface area contributed by atoms with Crippen LogP contribution in [0.1, 0.15) is 103 Å². The molecule has 4 atom stereocenters. The topological polar surface area (TPSA) is 189 Å². The molecule has 6 heterocycles. The Balaban J connectivity index is 1.10. The Bertz CT molecular complexity index is 3200. The van der Waals surface area contributed by atoms with Gasteiger partial charge in [0.1, 0.15) is 17.1 Å². The number of hydrogen-bond acceptors (Lipinski definition) is 9. The van der Waals surface area contributed by atoms with Crippen LogP contribution in [0.25, 0.3) is 27.5 Å². The number of carbonyl (C=O) groups is 1. The number of nitrogens with zero attached hydrogens (tertiary/aromatic N) is 9. The average molecular weight is 883 g/mol. The molecule has 18 heteroatoms. The summed E-state index contributed by atoms with van der Waals surface area (Å²) in [5.41, 5.74) is 4.40. The maximum atomic E-state index is 15.9. The number of aromatic nitrogens is 7. The highest BCUT2D eigenvalue weighted by molar-refractivity contribution is 6.01. The summed E-state index contributed by atoms with van der Waals surface area (Å²) in [6, 6.07) is 14.2. The van der Waals surface area contributed by atoms with Crippen LogP contribution in [-0.4, -0.2) is 69.8 Å². The molecular weight excluding hydrogens is 835 g/mol. The molecule has 0 unspecified atom stereocenters. The molecule has 2 fully saturated rings. The third-order valence-electron chi connectivity index (χ3n) is 13.6. The zero-order valence-corrected chi connectivity index (χ0v) is 37.1. The molecular formula is C47H48F2N12O4. The van der Waals surface area contributed by atoms with Crippen molar-refractivity contribution in [3.63, 3.8) is 0 Å². The van der Waals surface area contributed by atoms with Gasteiger partial charge in [-0.15, -0.1) is 0 Å². The normalized spacial score (nSPS) is 21.7. The van der Waals surface area contributed by atoms with Crippen LogP contribution in [0.15, 0.2) is 69.0 Å². The van der Waals surface area contributed by atoms with Crippen LogP contribution in [-0.2, 0) is 23.7 Å². The van der Waals surface area contributed by atoms with E-state index in [0.717, 1.165) is 29.3 Å². The largest absolute Gasteiger partial charge is 0.438 e. The van der Waals surface area contributed by atoms with E-state index in [1.54, 1.807) is 53.4 Å². The molecule has 3 aliphatic rings. The number of anilines is 1. The van der Waals surface area contributed by atoms with Crippen LogP contribution in [0, 0.1) is 42.9 Å². The van der Waals surface area contributed by atoms with Crippen molar-refractivity contribution in [2.75, 3.05) is 18.5 Å². The molecule has 2 aliphatic heterocycles. The first-order chi connectivity index (χ1) is 31.1. The molecule has 0 radical (unpaired) electrons. The number of nitriles is 1. The molecule has 7 aromatic rings. The van der Waals surface area contributed by atoms with Crippen molar-refractivity contribution < 1.29 is 22.8 Å². The summed E-state index contributed by atoms with van der Waals surface area (Å²) in [7, 11) is 1.71. The Morgan fingerprint density at radius 1 is 1.05 bits per heavy atom. The number of guanidine groups is 1. The Hall–Kier alpha value is -7.13. The number of H-pyrrole nitrogens is 1. The van der Waals surface area contributed by atoms with Gasteiger partial charge in [0.15, 0.2) is 23.7 Å². The van der Waals surface area contributed by atoms with Crippen molar-refractivity contribution in [1.29, 1.82) is 5.26 Å². The molecule has 1 amide bonds. The SMILES string of the molecule is Cc1cc(-n2nc3c(c2/N=C(\NC#N)Nc2ccc4c(cnn4C)c2F)[C@H](C)N(C(=O)c2cc4cc([C@H]5CCOC(C)(C)C5)ccc4n2[C@@]2(c4noc(=O)[nH]4)C[C@@H]2C)CC3)cc(C)c1F. The maximum Gasteiger partial charge on any atom is 0.438 e. The van der Waals surface area contributed by atoms with Gasteiger partial charge in [-0.25, -0.2) is 18.3 Å². The monoisotopic (exact) mass is 882 g/mol. The number of nitrogens with one attached hydrogen (secondary N) is 3. The van der Waals surface area contributed by atoms with Gasteiger partial charge in [0, 0.05) is 43.1 Å². The third-order valence-corrected chi connectivity index (χ3v) is 13.6. The van der Waals surface area contributed by atoms with E-state index in [0.29, 0.717) is 71.1 Å². The van der Waals surface area contributed by atoms with Gasteiger partial charge in [-0.2, -0.15) is 20.5 Å². The molecule has 0 spiro atoms. The standard InChI is InChI=1S/C47H48F2N12O4/c1-24-16-31(17-25(2)39(24)48)61-41(54-44(51-23-50)53-34-9-11-36-32(40(34)49)22-52-58(36)7)38-27(4)59(14-12-33(38)56-61)42(62)37-19-30-18-28(29-13-15-64-46(5,6)21-29)8-10-35(30)60(37)47(20-26(47)3)43-55-45(63)65-57-43/h8-11,16-19,22,26-27,29H,12-15,20-21H2,1-7H3,(H2,51,53,54)(H,55,57,63)/t26-,27-,29-,47-/m0/s1. The summed E-state index contributed by atoms with van der Waals surface area (Å²) >= 11 is 0. The van der Waals surface area contributed by atoms with Crippen molar-refractivity contribution in [3.8, 4) is 11.9 Å². The molecule has 334 valence electrons. The van der Waals surface area contributed by atoms with E-state index in [1.807, 2.05) is 23.8 Å². The first-order valence-corrected chi connectivity index (χ1v) is 21.8. The number of rotatable bonds is 7. The lowest BCUT2D eigenvalue weighted by Gasteiger charge is -2.35. The van der Waals surface area contributed by atoms with Crippen molar-refractivity contribution in [3.05, 3.63) is 116 Å². The van der Waals surface area contributed by atoms with E-state index in [-0.39, 0.29) is 52.0 Å². The molecule has 65 heavy (non-hydrogen) atoms. The minimum absolute atomic E-state index is 0.00389. The van der Waals surface area contributed by atoms with Gasteiger partial charge in [0.25, 0.3) is 5.91 Å². The lowest BCUT2D eigenvalue weighted by molar-refractivity contribution is -0.0592. The molecule has 1 saturated heterocycles. The highest BCUT2D eigenvalue weighted by Gasteiger charge is 2.59. The first-order valence-electron chi connectivity index (χ1n) is 21.8. The summed E-state index contributed by atoms with van der Waals surface area (Å²) in [4.78, 5) is 37.4. The zero-order valence-electron chi connectivity index (χ0n) is 37.1. The number of halogens is 2. The molecule has 10 rings (SSSR count). The predicted molar refractivity (Wildman–Crippen MR) is 238 cm³/mol. The summed E-state index contributed by atoms with van der Waals surface area (Å²) in [6.45, 7) is 12.4. The van der Waals surface area contributed by atoms with Gasteiger partial charge in [-0.3, -0.25) is 24.3 Å². The van der Waals surface area contributed by atoms with Gasteiger partial charge in [-0.05, 0) is 125 Å². The minimum Gasteiger partial charge on any atom is -0.376 e. The van der Waals surface area contributed by atoms with Gasteiger partial charge in [0.2, 0.25) is 5.96 Å². The summed E-state index contributed by atoms with van der Waals surface area (Å²) < 4.78 is 47.2. The second-order valence-corrected chi connectivity index (χ2v) is 18.3. The van der Waals surface area contributed by atoms with Gasteiger partial charge in [-0.1, -0.05) is 18.1 Å². The van der Waals surface area contributed by atoms with Crippen LogP contribution >= 0.6 is 0 Å².